The van der Waals surface area contributed by atoms with Gasteiger partial charge in [-0.2, -0.15) is 0 Å². The minimum absolute atomic E-state index is 0.153. The Bertz CT molecular complexity index is 532. The van der Waals surface area contributed by atoms with Crippen molar-refractivity contribution in [1.82, 2.24) is 0 Å². The van der Waals surface area contributed by atoms with Crippen LogP contribution in [0.25, 0.3) is 0 Å². The quantitative estimate of drug-likeness (QED) is 0.727. The highest BCUT2D eigenvalue weighted by atomic mass is 16.3. The normalized spacial score (nSPS) is 12.3. The molecule has 0 heterocycles. The molecule has 0 aliphatic rings. The first kappa shape index (κ1) is 12.3. The Morgan fingerprint density at radius 1 is 0.889 bits per heavy atom. The maximum Gasteiger partial charge on any atom is 0.119 e. The monoisotopic (exact) mass is 244 g/mol. The summed E-state index contributed by atoms with van der Waals surface area (Å²) in [5.41, 5.74) is 1.80. The zero-order valence-corrected chi connectivity index (χ0v) is 10.2. The summed E-state index contributed by atoms with van der Waals surface area (Å²) in [6, 6.07) is 11.5. The summed E-state index contributed by atoms with van der Waals surface area (Å²) in [5, 5.41) is 28.4. The van der Waals surface area contributed by atoms with E-state index >= 15 is 0 Å². The van der Waals surface area contributed by atoms with Crippen molar-refractivity contribution in [2.24, 2.45) is 0 Å². The number of phenols is 3. The highest BCUT2D eigenvalue weighted by molar-refractivity contribution is 5.40. The lowest BCUT2D eigenvalue weighted by atomic mass is 9.93. The van der Waals surface area contributed by atoms with Gasteiger partial charge >= 0.3 is 0 Å². The van der Waals surface area contributed by atoms with Crippen LogP contribution in [0.4, 0.5) is 0 Å². The molecule has 1 atom stereocenters. The van der Waals surface area contributed by atoms with Gasteiger partial charge in [-0.3, -0.25) is 0 Å². The van der Waals surface area contributed by atoms with Gasteiger partial charge in [-0.05, 0) is 53.8 Å². The molecule has 0 aromatic heterocycles. The maximum atomic E-state index is 9.72. The minimum atomic E-state index is 0.153. The summed E-state index contributed by atoms with van der Waals surface area (Å²) in [5.74, 6) is 0.781. The summed E-state index contributed by atoms with van der Waals surface area (Å²) in [7, 11) is 0. The summed E-state index contributed by atoms with van der Waals surface area (Å²) in [6.45, 7) is 2.04. The fourth-order valence-electron chi connectivity index (χ4n) is 1.99. The predicted octanol–water partition coefficient (Wildman–Crippen LogP) is 3.15. The van der Waals surface area contributed by atoms with Crippen LogP contribution in [0.2, 0.25) is 0 Å². The second kappa shape index (κ2) is 5.00. The van der Waals surface area contributed by atoms with Crippen molar-refractivity contribution in [3.8, 4) is 17.2 Å². The van der Waals surface area contributed by atoms with Gasteiger partial charge in [0.2, 0.25) is 0 Å². The molecule has 2 aromatic rings. The SMILES string of the molecule is CC(Cc1cc(O)ccc1O)c1ccc(O)cc1. The average Bonchev–Trinajstić information content (AvgIpc) is 2.34. The van der Waals surface area contributed by atoms with Crippen LogP contribution in [-0.4, -0.2) is 15.3 Å². The van der Waals surface area contributed by atoms with Crippen molar-refractivity contribution in [2.45, 2.75) is 19.3 Å². The van der Waals surface area contributed by atoms with E-state index in [1.54, 1.807) is 18.2 Å². The number of hydrogen-bond donors (Lipinski definition) is 3. The summed E-state index contributed by atoms with van der Waals surface area (Å²) in [4.78, 5) is 0. The molecule has 0 saturated carbocycles. The van der Waals surface area contributed by atoms with Crippen molar-refractivity contribution in [2.75, 3.05) is 0 Å². The minimum Gasteiger partial charge on any atom is -0.508 e. The number of hydrogen-bond acceptors (Lipinski definition) is 3. The van der Waals surface area contributed by atoms with Gasteiger partial charge in [0, 0.05) is 0 Å². The third-order valence-corrected chi connectivity index (χ3v) is 3.05. The van der Waals surface area contributed by atoms with E-state index in [0.717, 1.165) is 11.1 Å². The first-order chi connectivity index (χ1) is 8.56. The molecule has 0 spiro atoms. The van der Waals surface area contributed by atoms with Crippen LogP contribution in [0.15, 0.2) is 42.5 Å². The van der Waals surface area contributed by atoms with Gasteiger partial charge in [0.05, 0.1) is 0 Å². The molecule has 2 rings (SSSR count). The van der Waals surface area contributed by atoms with Crippen molar-refractivity contribution in [3.05, 3.63) is 53.6 Å². The second-order valence-electron chi connectivity index (χ2n) is 4.51. The molecule has 0 aliphatic carbocycles. The van der Waals surface area contributed by atoms with Crippen LogP contribution in [0, 0.1) is 0 Å². The Kier molecular flexibility index (Phi) is 3.42. The van der Waals surface area contributed by atoms with Crippen molar-refractivity contribution < 1.29 is 15.3 Å². The van der Waals surface area contributed by atoms with Gasteiger partial charge in [-0.1, -0.05) is 19.1 Å². The zero-order valence-electron chi connectivity index (χ0n) is 10.2. The third-order valence-electron chi connectivity index (χ3n) is 3.05. The zero-order chi connectivity index (χ0) is 13.1. The van der Waals surface area contributed by atoms with Gasteiger partial charge in [-0.15, -0.1) is 0 Å². The van der Waals surface area contributed by atoms with E-state index in [1.807, 2.05) is 19.1 Å². The molecule has 0 aliphatic heterocycles. The molecular formula is C15H16O3. The molecule has 0 amide bonds. The number of benzene rings is 2. The highest BCUT2D eigenvalue weighted by Crippen LogP contribution is 2.28. The summed E-state index contributed by atoms with van der Waals surface area (Å²) >= 11 is 0. The second-order valence-corrected chi connectivity index (χ2v) is 4.51. The standard InChI is InChI=1S/C15H16O3/c1-10(11-2-4-13(16)5-3-11)8-12-9-14(17)6-7-15(12)18/h2-7,9-10,16-18H,8H2,1H3. The molecule has 3 nitrogen and oxygen atoms in total. The van der Waals surface area contributed by atoms with E-state index in [1.165, 1.54) is 12.1 Å². The molecule has 0 fully saturated rings. The summed E-state index contributed by atoms with van der Waals surface area (Å²) in [6.07, 6.45) is 0.630. The lowest BCUT2D eigenvalue weighted by Gasteiger charge is -2.13. The molecule has 0 bridgehead atoms. The molecular weight excluding hydrogens is 228 g/mol. The fraction of sp³-hybridized carbons (Fsp3) is 0.200. The van der Waals surface area contributed by atoms with Crippen LogP contribution >= 0.6 is 0 Å². The largest absolute Gasteiger partial charge is 0.508 e. The Hall–Kier alpha value is -2.16. The Morgan fingerprint density at radius 2 is 1.50 bits per heavy atom. The predicted molar refractivity (Wildman–Crippen MR) is 70.0 cm³/mol. The number of phenolic OH excluding ortho intramolecular Hbond substituents is 3. The highest BCUT2D eigenvalue weighted by Gasteiger charge is 2.10. The number of rotatable bonds is 3. The molecule has 3 N–H and O–H groups in total. The van der Waals surface area contributed by atoms with E-state index in [9.17, 15) is 15.3 Å². The van der Waals surface area contributed by atoms with Gasteiger partial charge in [0.15, 0.2) is 0 Å². The lowest BCUT2D eigenvalue weighted by Crippen LogP contribution is -1.98. The van der Waals surface area contributed by atoms with Gasteiger partial charge in [0.25, 0.3) is 0 Å². The van der Waals surface area contributed by atoms with Gasteiger partial charge in [0.1, 0.15) is 17.2 Å². The first-order valence-corrected chi connectivity index (χ1v) is 5.86. The Morgan fingerprint density at radius 3 is 2.17 bits per heavy atom. The van der Waals surface area contributed by atoms with Crippen LogP contribution in [0.1, 0.15) is 24.0 Å². The average molecular weight is 244 g/mol. The molecule has 0 radical (unpaired) electrons. The molecule has 18 heavy (non-hydrogen) atoms. The van der Waals surface area contributed by atoms with Crippen molar-refractivity contribution in [1.29, 1.82) is 0 Å². The van der Waals surface area contributed by atoms with E-state index < -0.39 is 0 Å². The van der Waals surface area contributed by atoms with E-state index in [4.69, 9.17) is 0 Å². The van der Waals surface area contributed by atoms with E-state index in [2.05, 4.69) is 0 Å². The first-order valence-electron chi connectivity index (χ1n) is 5.86. The maximum absolute atomic E-state index is 9.72. The van der Waals surface area contributed by atoms with E-state index in [-0.39, 0.29) is 23.2 Å². The Balaban J connectivity index is 2.18. The Labute approximate surface area is 106 Å². The molecule has 2 aromatic carbocycles. The molecule has 94 valence electrons. The molecule has 3 heteroatoms. The summed E-state index contributed by atoms with van der Waals surface area (Å²) < 4.78 is 0. The topological polar surface area (TPSA) is 60.7 Å². The van der Waals surface area contributed by atoms with Gasteiger partial charge in [-0.25, -0.2) is 0 Å². The van der Waals surface area contributed by atoms with Crippen LogP contribution in [-0.2, 0) is 6.42 Å². The van der Waals surface area contributed by atoms with Crippen LogP contribution in [0.3, 0.4) is 0 Å². The third kappa shape index (κ3) is 2.74. The van der Waals surface area contributed by atoms with Crippen LogP contribution < -0.4 is 0 Å². The van der Waals surface area contributed by atoms with Crippen LogP contribution in [0.5, 0.6) is 17.2 Å². The van der Waals surface area contributed by atoms with Crippen molar-refractivity contribution >= 4 is 0 Å². The number of aromatic hydroxyl groups is 3. The molecule has 1 unspecified atom stereocenters. The van der Waals surface area contributed by atoms with Crippen molar-refractivity contribution in [3.63, 3.8) is 0 Å². The molecule has 0 saturated heterocycles. The van der Waals surface area contributed by atoms with E-state index in [0.29, 0.717) is 6.42 Å². The smallest absolute Gasteiger partial charge is 0.119 e. The lowest BCUT2D eigenvalue weighted by molar-refractivity contribution is 0.452. The fourth-order valence-corrected chi connectivity index (χ4v) is 1.99. The van der Waals surface area contributed by atoms with Gasteiger partial charge < -0.3 is 15.3 Å².